The summed E-state index contributed by atoms with van der Waals surface area (Å²) in [6.07, 6.45) is 6.30. The molecular weight excluding hydrogens is 380 g/mol. The summed E-state index contributed by atoms with van der Waals surface area (Å²) in [5, 5.41) is 3.04. The zero-order valence-electron chi connectivity index (χ0n) is 18.4. The van der Waals surface area contributed by atoms with Gasteiger partial charge in [-0.2, -0.15) is 0 Å². The summed E-state index contributed by atoms with van der Waals surface area (Å²) < 4.78 is 10.7. The van der Waals surface area contributed by atoms with Gasteiger partial charge >= 0.3 is 6.09 Å². The lowest BCUT2D eigenvalue weighted by Gasteiger charge is -2.52. The van der Waals surface area contributed by atoms with Crippen LogP contribution in [0.2, 0.25) is 0 Å². The second-order valence-electron chi connectivity index (χ2n) is 9.64. The third-order valence-corrected chi connectivity index (χ3v) is 6.70. The highest BCUT2D eigenvalue weighted by molar-refractivity contribution is 5.67. The maximum absolute atomic E-state index is 11.9. The van der Waals surface area contributed by atoms with Crippen molar-refractivity contribution in [3.63, 3.8) is 0 Å². The number of carbonyl (C=O) groups is 1. The number of ether oxygens (including phenoxy) is 2. The van der Waals surface area contributed by atoms with E-state index < -0.39 is 0 Å². The summed E-state index contributed by atoms with van der Waals surface area (Å²) in [6.45, 7) is 11.2. The van der Waals surface area contributed by atoms with Crippen LogP contribution in [0.3, 0.4) is 0 Å². The molecule has 7 nitrogen and oxygen atoms in total. The molecule has 0 radical (unpaired) electrons. The summed E-state index contributed by atoms with van der Waals surface area (Å²) in [7, 11) is 0. The topological polar surface area (TPSA) is 66.9 Å². The maximum Gasteiger partial charge on any atom is 0.407 e. The number of carbonyl (C=O) groups excluding carboxylic acids is 1. The Kier molecular flexibility index (Phi) is 6.78. The van der Waals surface area contributed by atoms with Crippen molar-refractivity contribution in [2.24, 2.45) is 11.3 Å². The van der Waals surface area contributed by atoms with Crippen molar-refractivity contribution >= 4 is 11.9 Å². The van der Waals surface area contributed by atoms with E-state index in [0.29, 0.717) is 17.9 Å². The fourth-order valence-corrected chi connectivity index (χ4v) is 4.91. The normalized spacial score (nSPS) is 22.2. The van der Waals surface area contributed by atoms with E-state index in [0.717, 1.165) is 64.6 Å². The highest BCUT2D eigenvalue weighted by Gasteiger charge is 2.46. The van der Waals surface area contributed by atoms with E-state index in [4.69, 9.17) is 9.47 Å². The quantitative estimate of drug-likeness (QED) is 0.769. The Labute approximate surface area is 180 Å². The van der Waals surface area contributed by atoms with E-state index >= 15 is 0 Å². The Bertz CT molecular complexity index is 704. The summed E-state index contributed by atoms with van der Waals surface area (Å²) in [6, 6.07) is 4.66. The molecule has 30 heavy (non-hydrogen) atoms. The number of likely N-dealkylation sites (tertiary alicyclic amines) is 1. The molecule has 0 bridgehead atoms. The van der Waals surface area contributed by atoms with Crippen LogP contribution in [0.25, 0.3) is 0 Å². The molecule has 166 valence electrons. The fraction of sp³-hybridized carbons (Fsp3) is 0.739. The molecule has 0 atom stereocenters. The van der Waals surface area contributed by atoms with Crippen molar-refractivity contribution in [2.75, 3.05) is 50.9 Å². The molecule has 0 aromatic carbocycles. The van der Waals surface area contributed by atoms with Gasteiger partial charge in [0.2, 0.25) is 0 Å². The zero-order chi connectivity index (χ0) is 21.0. The average molecular weight is 417 g/mol. The van der Waals surface area contributed by atoms with E-state index in [1.807, 2.05) is 6.20 Å². The zero-order valence-corrected chi connectivity index (χ0v) is 18.4. The van der Waals surface area contributed by atoms with Crippen molar-refractivity contribution in [1.82, 2.24) is 15.2 Å². The van der Waals surface area contributed by atoms with Crippen molar-refractivity contribution in [2.45, 2.75) is 52.1 Å². The van der Waals surface area contributed by atoms with E-state index in [1.54, 1.807) is 0 Å². The molecule has 2 aliphatic heterocycles. The number of alkyl carbamates (subject to hydrolysis) is 1. The van der Waals surface area contributed by atoms with Gasteiger partial charge in [-0.3, -0.25) is 4.90 Å². The van der Waals surface area contributed by atoms with E-state index in [-0.39, 0.29) is 12.1 Å². The van der Waals surface area contributed by atoms with Gasteiger partial charge in [-0.1, -0.05) is 13.8 Å². The first kappa shape index (κ1) is 21.4. The second-order valence-corrected chi connectivity index (χ2v) is 9.64. The van der Waals surface area contributed by atoms with E-state index in [9.17, 15) is 4.79 Å². The van der Waals surface area contributed by atoms with Crippen LogP contribution in [0.1, 0.15) is 45.1 Å². The number of nitrogens with one attached hydrogen (secondary N) is 1. The molecule has 1 aromatic heterocycles. The predicted octanol–water partition coefficient (Wildman–Crippen LogP) is 3.05. The van der Waals surface area contributed by atoms with Gasteiger partial charge in [0, 0.05) is 31.9 Å². The van der Waals surface area contributed by atoms with Crippen molar-refractivity contribution < 1.29 is 14.3 Å². The summed E-state index contributed by atoms with van der Waals surface area (Å²) >= 11 is 0. The second kappa shape index (κ2) is 9.52. The van der Waals surface area contributed by atoms with Crippen LogP contribution < -0.4 is 10.2 Å². The first-order valence-corrected chi connectivity index (χ1v) is 11.4. The highest BCUT2D eigenvalue weighted by atomic mass is 16.5. The molecule has 4 rings (SSSR count). The largest absolute Gasteiger partial charge is 0.449 e. The lowest BCUT2D eigenvalue weighted by molar-refractivity contribution is 0.00289. The average Bonchev–Trinajstić information content (AvgIpc) is 2.73. The number of rotatable bonds is 6. The first-order chi connectivity index (χ1) is 14.5. The number of morpholine rings is 1. The van der Waals surface area contributed by atoms with Gasteiger partial charge in [0.1, 0.15) is 5.82 Å². The SMILES string of the molecule is CC(C)COC(=O)NC1CC2(CCN(Cc3ccnc(N4CCOCC4)c3)CC2)C1. The number of hydrogen-bond donors (Lipinski definition) is 1. The van der Waals surface area contributed by atoms with Crippen LogP contribution in [0.4, 0.5) is 10.6 Å². The predicted molar refractivity (Wildman–Crippen MR) is 117 cm³/mol. The molecule has 3 heterocycles. The van der Waals surface area contributed by atoms with E-state index in [2.05, 4.69) is 46.1 Å². The van der Waals surface area contributed by atoms with E-state index in [1.165, 1.54) is 18.4 Å². The maximum atomic E-state index is 11.9. The van der Waals surface area contributed by atoms with Gasteiger partial charge in [0.05, 0.1) is 19.8 Å². The standard InChI is InChI=1S/C23H36N4O3/c1-18(2)17-30-22(28)25-20-14-23(15-20)4-7-26(8-5-23)16-19-3-6-24-21(13-19)27-9-11-29-12-10-27/h3,6,13,18,20H,4-5,7-12,14-17H2,1-2H3,(H,25,28). The van der Waals surface area contributed by atoms with Gasteiger partial charge in [0.15, 0.2) is 0 Å². The van der Waals surface area contributed by atoms with Crippen LogP contribution >= 0.6 is 0 Å². The van der Waals surface area contributed by atoms with Crippen LogP contribution in [-0.2, 0) is 16.0 Å². The molecule has 3 fully saturated rings. The molecule has 1 amide bonds. The number of piperidine rings is 1. The smallest absolute Gasteiger partial charge is 0.407 e. The molecule has 3 aliphatic rings. The minimum Gasteiger partial charge on any atom is -0.449 e. The summed E-state index contributed by atoms with van der Waals surface area (Å²) in [5.74, 6) is 1.44. The van der Waals surface area contributed by atoms with Crippen molar-refractivity contribution in [3.8, 4) is 0 Å². The molecule has 1 saturated carbocycles. The van der Waals surface area contributed by atoms with Gasteiger partial charge in [-0.05, 0) is 67.8 Å². The Hall–Kier alpha value is -1.86. The fourth-order valence-electron chi connectivity index (χ4n) is 4.91. The number of amides is 1. The van der Waals surface area contributed by atoms with Gasteiger partial charge in [-0.25, -0.2) is 9.78 Å². The Morgan fingerprint density at radius 2 is 2.00 bits per heavy atom. The van der Waals surface area contributed by atoms with Crippen molar-refractivity contribution in [3.05, 3.63) is 23.9 Å². The van der Waals surface area contributed by atoms with Crippen LogP contribution in [0, 0.1) is 11.3 Å². The molecule has 1 aliphatic carbocycles. The molecule has 1 spiro atoms. The molecular formula is C23H36N4O3. The number of nitrogens with zero attached hydrogens (tertiary/aromatic N) is 3. The van der Waals surface area contributed by atoms with Crippen LogP contribution in [0.5, 0.6) is 0 Å². The molecule has 1 N–H and O–H groups in total. The Morgan fingerprint density at radius 1 is 1.27 bits per heavy atom. The van der Waals surface area contributed by atoms with Crippen molar-refractivity contribution in [1.29, 1.82) is 0 Å². The third-order valence-electron chi connectivity index (χ3n) is 6.70. The minimum atomic E-state index is -0.255. The lowest BCUT2D eigenvalue weighted by Crippen LogP contribution is -2.54. The minimum absolute atomic E-state index is 0.255. The number of anilines is 1. The van der Waals surface area contributed by atoms with Gasteiger partial charge in [0.25, 0.3) is 0 Å². The van der Waals surface area contributed by atoms with Crippen LogP contribution in [0.15, 0.2) is 18.3 Å². The Morgan fingerprint density at radius 3 is 2.70 bits per heavy atom. The molecule has 7 heteroatoms. The third kappa shape index (κ3) is 5.43. The summed E-state index contributed by atoms with van der Waals surface area (Å²) in [4.78, 5) is 21.3. The summed E-state index contributed by atoms with van der Waals surface area (Å²) in [5.41, 5.74) is 1.76. The van der Waals surface area contributed by atoms with Gasteiger partial charge < -0.3 is 19.7 Å². The first-order valence-electron chi connectivity index (χ1n) is 11.4. The lowest BCUT2D eigenvalue weighted by atomic mass is 9.60. The highest BCUT2D eigenvalue weighted by Crippen LogP contribution is 2.49. The molecule has 2 saturated heterocycles. The molecule has 0 unspecified atom stereocenters. The monoisotopic (exact) mass is 416 g/mol. The Balaban J connectivity index is 1.20. The number of aromatic nitrogens is 1. The van der Waals surface area contributed by atoms with Gasteiger partial charge in [-0.15, -0.1) is 0 Å². The number of pyridine rings is 1. The molecule has 1 aromatic rings. The number of hydrogen-bond acceptors (Lipinski definition) is 6. The van der Waals surface area contributed by atoms with Crippen LogP contribution in [-0.4, -0.2) is 68.0 Å².